The van der Waals surface area contributed by atoms with Crippen LogP contribution in [-0.4, -0.2) is 19.0 Å². The van der Waals surface area contributed by atoms with Gasteiger partial charge < -0.3 is 9.73 Å². The summed E-state index contributed by atoms with van der Waals surface area (Å²) in [6.07, 6.45) is -0.868. The van der Waals surface area contributed by atoms with Crippen LogP contribution >= 0.6 is 0 Å². The largest absolute Gasteiger partial charge is 0.464 e. The van der Waals surface area contributed by atoms with Crippen LogP contribution in [0.2, 0.25) is 0 Å². The number of hydrogen-bond donors (Lipinski definition) is 1. The van der Waals surface area contributed by atoms with E-state index < -0.39 is 11.8 Å². The second kappa shape index (κ2) is 5.29. The summed E-state index contributed by atoms with van der Waals surface area (Å²) < 4.78 is 32.5. The average Bonchev–Trinajstić information content (AvgIpc) is 2.84. The highest BCUT2D eigenvalue weighted by Crippen LogP contribution is 2.36. The Morgan fingerprint density at radius 3 is 2.68 bits per heavy atom. The van der Waals surface area contributed by atoms with Crippen LogP contribution in [0.3, 0.4) is 0 Å². The van der Waals surface area contributed by atoms with Crippen molar-refractivity contribution in [2.45, 2.75) is 38.7 Å². The molecular weight excluding hydrogens is 248 g/mol. The number of nitrogens with one attached hydrogen (secondary N) is 1. The molecular formula is C15H19F2NO. The molecule has 0 aliphatic rings. The predicted octanol–water partition coefficient (Wildman–Crippen LogP) is 3.95. The number of fused-ring (bicyclic) bond motifs is 1. The smallest absolute Gasteiger partial charge is 0.249 e. The Morgan fingerprint density at radius 1 is 1.32 bits per heavy atom. The third kappa shape index (κ3) is 2.37. The van der Waals surface area contributed by atoms with Crippen LogP contribution in [0.25, 0.3) is 11.0 Å². The molecule has 0 aliphatic carbocycles. The van der Waals surface area contributed by atoms with Crippen molar-refractivity contribution in [2.24, 2.45) is 0 Å². The molecule has 104 valence electrons. The van der Waals surface area contributed by atoms with E-state index >= 15 is 0 Å². The normalized spacial score (nSPS) is 16.7. The average molecular weight is 267 g/mol. The van der Waals surface area contributed by atoms with Crippen LogP contribution in [0.5, 0.6) is 0 Å². The van der Waals surface area contributed by atoms with Gasteiger partial charge in [0.1, 0.15) is 5.58 Å². The van der Waals surface area contributed by atoms with Crippen LogP contribution in [0.15, 0.2) is 34.9 Å². The van der Waals surface area contributed by atoms with E-state index in [-0.39, 0.29) is 6.04 Å². The van der Waals surface area contributed by atoms with Crippen molar-refractivity contribution in [2.75, 3.05) is 6.54 Å². The number of likely N-dealkylation sites (N-methyl/N-ethyl adjacent to an activating group) is 1. The van der Waals surface area contributed by atoms with Gasteiger partial charge in [-0.25, -0.2) is 8.78 Å². The van der Waals surface area contributed by atoms with Gasteiger partial charge in [-0.2, -0.15) is 0 Å². The van der Waals surface area contributed by atoms with Gasteiger partial charge in [0.2, 0.25) is 6.43 Å². The molecule has 0 saturated heterocycles. The van der Waals surface area contributed by atoms with Crippen molar-refractivity contribution in [3.63, 3.8) is 0 Å². The predicted molar refractivity (Wildman–Crippen MR) is 72.7 cm³/mol. The van der Waals surface area contributed by atoms with Gasteiger partial charge in [0.25, 0.3) is 0 Å². The maximum Gasteiger partial charge on any atom is 0.249 e. The van der Waals surface area contributed by atoms with E-state index in [1.54, 1.807) is 44.4 Å². The van der Waals surface area contributed by atoms with Gasteiger partial charge in [0, 0.05) is 11.4 Å². The molecule has 0 aliphatic heterocycles. The van der Waals surface area contributed by atoms with Crippen LogP contribution in [0.1, 0.15) is 26.3 Å². The monoisotopic (exact) mass is 267 g/mol. The maximum absolute atomic E-state index is 13.6. The van der Waals surface area contributed by atoms with Crippen LogP contribution in [0.4, 0.5) is 8.78 Å². The van der Waals surface area contributed by atoms with E-state index in [1.807, 2.05) is 6.92 Å². The molecule has 0 amide bonds. The number of rotatable bonds is 5. The number of hydrogen-bond acceptors (Lipinski definition) is 2. The van der Waals surface area contributed by atoms with Crippen LogP contribution in [-0.2, 0) is 5.41 Å². The topological polar surface area (TPSA) is 25.2 Å². The number of halogens is 2. The van der Waals surface area contributed by atoms with Crippen LogP contribution < -0.4 is 5.32 Å². The summed E-state index contributed by atoms with van der Waals surface area (Å²) in [6, 6.07) is 6.75. The summed E-state index contributed by atoms with van der Waals surface area (Å²) in [6.45, 7) is 5.99. The van der Waals surface area contributed by atoms with Gasteiger partial charge in [-0.1, -0.05) is 13.0 Å². The summed E-state index contributed by atoms with van der Waals surface area (Å²) in [5.41, 5.74) is 0.128. The van der Waals surface area contributed by atoms with Gasteiger partial charge >= 0.3 is 0 Å². The first-order valence-corrected chi connectivity index (χ1v) is 6.49. The van der Waals surface area contributed by atoms with Crippen molar-refractivity contribution in [3.05, 3.63) is 36.1 Å². The highest BCUT2D eigenvalue weighted by molar-refractivity contribution is 5.78. The van der Waals surface area contributed by atoms with E-state index in [4.69, 9.17) is 4.42 Å². The van der Waals surface area contributed by atoms with Gasteiger partial charge in [-0.3, -0.25) is 0 Å². The Labute approximate surface area is 111 Å². The lowest BCUT2D eigenvalue weighted by Gasteiger charge is -2.36. The Morgan fingerprint density at radius 2 is 2.05 bits per heavy atom. The zero-order valence-corrected chi connectivity index (χ0v) is 11.4. The molecule has 0 saturated carbocycles. The molecule has 0 fully saturated rings. The second-order valence-corrected chi connectivity index (χ2v) is 5.04. The van der Waals surface area contributed by atoms with Crippen molar-refractivity contribution < 1.29 is 13.2 Å². The van der Waals surface area contributed by atoms with Gasteiger partial charge in [0.15, 0.2) is 0 Å². The lowest BCUT2D eigenvalue weighted by molar-refractivity contribution is 0.0395. The third-order valence-corrected chi connectivity index (χ3v) is 3.94. The van der Waals surface area contributed by atoms with E-state index in [2.05, 4.69) is 5.32 Å². The molecule has 2 aromatic rings. The Kier molecular flexibility index (Phi) is 3.90. The van der Waals surface area contributed by atoms with Crippen LogP contribution in [0, 0.1) is 0 Å². The van der Waals surface area contributed by atoms with Gasteiger partial charge in [-0.05, 0) is 44.2 Å². The summed E-state index contributed by atoms with van der Waals surface area (Å²) in [4.78, 5) is 0. The third-order valence-electron chi connectivity index (χ3n) is 3.94. The van der Waals surface area contributed by atoms with E-state index in [9.17, 15) is 8.78 Å². The maximum atomic E-state index is 13.6. The quantitative estimate of drug-likeness (QED) is 0.887. The Balaban J connectivity index is 2.47. The van der Waals surface area contributed by atoms with Crippen molar-refractivity contribution in [1.29, 1.82) is 0 Å². The minimum Gasteiger partial charge on any atom is -0.464 e. The summed E-state index contributed by atoms with van der Waals surface area (Å²) in [7, 11) is 0. The van der Waals surface area contributed by atoms with Gasteiger partial charge in [0.05, 0.1) is 11.7 Å². The zero-order valence-electron chi connectivity index (χ0n) is 11.4. The Bertz CT molecular complexity index is 552. The number of alkyl halides is 2. The zero-order chi connectivity index (χ0) is 14.0. The second-order valence-electron chi connectivity index (χ2n) is 5.04. The molecule has 2 atom stereocenters. The summed E-state index contributed by atoms with van der Waals surface area (Å²) in [5, 5.41) is 3.96. The molecule has 2 unspecified atom stereocenters. The molecule has 19 heavy (non-hydrogen) atoms. The highest BCUT2D eigenvalue weighted by Gasteiger charge is 2.41. The molecule has 1 aromatic heterocycles. The fourth-order valence-electron chi connectivity index (χ4n) is 2.38. The molecule has 1 N–H and O–H groups in total. The highest BCUT2D eigenvalue weighted by atomic mass is 19.3. The lowest BCUT2D eigenvalue weighted by atomic mass is 9.76. The molecule has 0 spiro atoms. The minimum atomic E-state index is -2.44. The molecule has 4 heteroatoms. The number of furan rings is 1. The van der Waals surface area contributed by atoms with E-state index in [0.29, 0.717) is 12.1 Å². The minimum absolute atomic E-state index is 0.318. The van der Waals surface area contributed by atoms with E-state index in [1.165, 1.54) is 0 Å². The lowest BCUT2D eigenvalue weighted by Crippen LogP contribution is -2.49. The first-order valence-electron chi connectivity index (χ1n) is 6.49. The molecule has 1 heterocycles. The SMILES string of the molecule is CCNC(C)C(C)(c1ccc2occc2c1)C(F)F. The fraction of sp³-hybridized carbons (Fsp3) is 0.467. The molecule has 1 aromatic carbocycles. The van der Waals surface area contributed by atoms with Crippen molar-refractivity contribution in [1.82, 2.24) is 5.32 Å². The number of benzene rings is 1. The first-order chi connectivity index (χ1) is 9.00. The molecule has 2 nitrogen and oxygen atoms in total. The standard InChI is InChI=1S/C15H19F2NO/c1-4-18-10(2)15(3,14(16)17)12-5-6-13-11(9-12)7-8-19-13/h5-10,14,18H,4H2,1-3H3. The van der Waals surface area contributed by atoms with Crippen molar-refractivity contribution in [3.8, 4) is 0 Å². The fourth-order valence-corrected chi connectivity index (χ4v) is 2.38. The molecule has 0 bridgehead atoms. The van der Waals surface area contributed by atoms with Crippen molar-refractivity contribution >= 4 is 11.0 Å². The van der Waals surface area contributed by atoms with Gasteiger partial charge in [-0.15, -0.1) is 0 Å². The first kappa shape index (κ1) is 14.0. The summed E-state index contributed by atoms with van der Waals surface area (Å²) in [5.74, 6) is 0. The molecule has 2 rings (SSSR count). The molecule has 0 radical (unpaired) electrons. The summed E-state index contributed by atoms with van der Waals surface area (Å²) >= 11 is 0. The Hall–Kier alpha value is -1.42. The van der Waals surface area contributed by atoms with E-state index in [0.717, 1.165) is 11.0 Å².